The molecule has 16 heavy (non-hydrogen) atoms. The first-order valence-electron chi connectivity index (χ1n) is 3.44. The molecule has 0 unspecified atom stereocenters. The summed E-state index contributed by atoms with van der Waals surface area (Å²) in [6, 6.07) is 0. The second-order valence-electron chi connectivity index (χ2n) is 1.89. The van der Waals surface area contributed by atoms with Crippen LogP contribution in [-0.2, 0) is 9.30 Å². The maximum atomic E-state index is 8.55. The Morgan fingerprint density at radius 1 is 1.25 bits per heavy atom. The first kappa shape index (κ1) is 31.3. The Hall–Kier alpha value is 2.77. The normalized spacial score (nSPS) is 8.25. The van der Waals surface area contributed by atoms with Crippen LogP contribution in [-0.4, -0.2) is 24.9 Å². The van der Waals surface area contributed by atoms with Crippen molar-refractivity contribution in [1.29, 1.82) is 0 Å². The van der Waals surface area contributed by atoms with Crippen LogP contribution < -0.4 is 103 Å². The smallest absolute Gasteiger partial charge is 0.822 e. The van der Waals surface area contributed by atoms with Crippen LogP contribution in [0.5, 0.6) is 0 Å². The molecule has 80 valence electrons. The van der Waals surface area contributed by atoms with E-state index in [9.17, 15) is 0 Å². The topological polar surface area (TPSA) is 116 Å². The van der Waals surface area contributed by atoms with Gasteiger partial charge in [0.25, 0.3) is 0 Å². The van der Waals surface area contributed by atoms with E-state index in [1.165, 1.54) is 0 Å². The van der Waals surface area contributed by atoms with Crippen molar-refractivity contribution < 1.29 is 118 Å². The van der Waals surface area contributed by atoms with Gasteiger partial charge in [0, 0.05) is 13.2 Å². The van der Waals surface area contributed by atoms with Gasteiger partial charge in [0.2, 0.25) is 0 Å². The average Bonchev–Trinajstić information content (AvgIpc) is 1.95. The number of phosphoric acid groups is 1. The quantitative estimate of drug-likeness (QED) is 0.231. The van der Waals surface area contributed by atoms with Gasteiger partial charge in [-0.15, -0.1) is 6.58 Å². The maximum absolute atomic E-state index is 8.55. The van der Waals surface area contributed by atoms with E-state index in [1.54, 1.807) is 6.08 Å². The number of hydrogen-bond acceptors (Lipinski definition) is 6. The summed E-state index contributed by atoms with van der Waals surface area (Å²) in [7, 11) is -5.39. The second kappa shape index (κ2) is 22.9. The van der Waals surface area contributed by atoms with Crippen LogP contribution in [0.25, 0.3) is 0 Å². The minimum atomic E-state index is -5.39. The molecule has 0 spiro atoms. The number of aliphatic hydroxyl groups is 1. The molecule has 0 aromatic rings. The molecule has 0 radical (unpaired) electrons. The molecule has 0 aliphatic rings. The summed E-state index contributed by atoms with van der Waals surface area (Å²) in [4.78, 5) is 25.6. The van der Waals surface area contributed by atoms with Crippen molar-refractivity contribution in [1.82, 2.24) is 0 Å². The molecule has 0 aliphatic carbocycles. The molecule has 6 nitrogen and oxygen atoms in total. The Morgan fingerprint density at radius 3 is 1.88 bits per heavy atom. The molecule has 0 atom stereocenters. The van der Waals surface area contributed by atoms with Gasteiger partial charge in [0.1, 0.15) is 0 Å². The van der Waals surface area contributed by atoms with Crippen molar-refractivity contribution in [3.63, 3.8) is 0 Å². The predicted octanol–water partition coefficient (Wildman–Crippen LogP) is -11.2. The molecule has 0 aromatic carbocycles. The Kier molecular flexibility index (Phi) is 44.8. The number of rotatable bonds is 5. The molecule has 0 bridgehead atoms. The van der Waals surface area contributed by atoms with Gasteiger partial charge in [0.05, 0.1) is 6.61 Å². The van der Waals surface area contributed by atoms with Gasteiger partial charge in [-0.25, -0.2) is 0 Å². The van der Waals surface area contributed by atoms with E-state index in [4.69, 9.17) is 29.1 Å². The van der Waals surface area contributed by atoms with Gasteiger partial charge < -0.3 is 29.1 Å². The first-order chi connectivity index (χ1) is 5.91. The van der Waals surface area contributed by atoms with Crippen molar-refractivity contribution in [2.45, 2.75) is 6.42 Å². The fourth-order valence-electron chi connectivity index (χ4n) is 0.333. The van der Waals surface area contributed by atoms with Gasteiger partial charge in [-0.2, -0.15) is 7.82 Å². The summed E-state index contributed by atoms with van der Waals surface area (Å²) >= 11 is 0. The van der Waals surface area contributed by atoms with Crippen molar-refractivity contribution in [2.75, 3.05) is 19.8 Å². The molecule has 10 heteroatoms. The zero-order chi connectivity index (χ0) is 10.7. The van der Waals surface area contributed by atoms with E-state index in [0.717, 1.165) is 0 Å². The Balaban J connectivity index is -0.0000000454. The van der Waals surface area contributed by atoms with Crippen LogP contribution in [0.2, 0.25) is 0 Å². The average molecular weight is 280 g/mol. The molecule has 0 heterocycles. The number of aliphatic hydroxyl groups excluding tert-OH is 1. The van der Waals surface area contributed by atoms with Crippen LogP contribution in [0, 0.1) is 0 Å². The van der Waals surface area contributed by atoms with Crippen LogP contribution in [0.3, 0.4) is 0 Å². The number of hydrogen-bond donors (Lipinski definition) is 1. The minimum absolute atomic E-state index is 0. The molecule has 0 saturated heterocycles. The van der Waals surface area contributed by atoms with E-state index in [1.807, 2.05) is 0 Å². The van der Waals surface area contributed by atoms with Crippen molar-refractivity contribution in [2.24, 2.45) is 0 Å². The van der Waals surface area contributed by atoms with Gasteiger partial charge in [0.15, 0.2) is 0 Å². The van der Waals surface area contributed by atoms with Crippen LogP contribution >= 0.6 is 7.82 Å². The van der Waals surface area contributed by atoms with Crippen molar-refractivity contribution in [3.8, 4) is 0 Å². The maximum Gasteiger partial charge on any atom is 1.00 e. The number of ether oxygens (including phenoxy) is 1. The third-order valence-electron chi connectivity index (χ3n) is 0.682. The Morgan fingerprint density at radius 2 is 1.62 bits per heavy atom. The van der Waals surface area contributed by atoms with E-state index in [0.29, 0.717) is 19.6 Å². The van der Waals surface area contributed by atoms with E-state index >= 15 is 0 Å². The zero-order valence-electron chi connectivity index (χ0n) is 10.0. The van der Waals surface area contributed by atoms with Crippen molar-refractivity contribution in [3.05, 3.63) is 12.7 Å². The first-order valence-corrected chi connectivity index (χ1v) is 4.90. The summed E-state index contributed by atoms with van der Waals surface area (Å²) in [6.45, 7) is 4.89. The summed E-state index contributed by atoms with van der Waals surface area (Å²) in [5, 5.41) is 8.26. The largest absolute Gasteiger partial charge is 1.00 e. The second-order valence-corrected chi connectivity index (χ2v) is 2.78. The molecule has 0 fully saturated rings. The molecule has 0 aromatic heterocycles. The standard InChI is InChI=1S/C6H12O2.3Na.H3O4P/c1-2-5-8-6-3-4-7;;;;1-5(2,3)4/h2,7H,1,3-6H2;;;;(H3,1,2,3,4)/q;3*+1;/p-3. The van der Waals surface area contributed by atoms with Gasteiger partial charge in [-0.3, -0.25) is 0 Å². The molecule has 1 N–H and O–H groups in total. The van der Waals surface area contributed by atoms with E-state index in [-0.39, 0.29) is 95.3 Å². The summed E-state index contributed by atoms with van der Waals surface area (Å²) in [5.41, 5.74) is 0. The molecular formula is C6H12Na3O6P. The van der Waals surface area contributed by atoms with Gasteiger partial charge >= 0.3 is 88.7 Å². The summed E-state index contributed by atoms with van der Waals surface area (Å²) < 4.78 is 13.5. The third-order valence-corrected chi connectivity index (χ3v) is 0.682. The van der Waals surface area contributed by atoms with Crippen LogP contribution in [0.1, 0.15) is 6.42 Å². The fraction of sp³-hybridized carbons (Fsp3) is 0.667. The van der Waals surface area contributed by atoms with Crippen molar-refractivity contribution >= 4 is 7.82 Å². The third kappa shape index (κ3) is 69.1. The van der Waals surface area contributed by atoms with Crippen LogP contribution in [0.4, 0.5) is 0 Å². The van der Waals surface area contributed by atoms with Gasteiger partial charge in [-0.05, 0) is 6.42 Å². The SMILES string of the molecule is C=CCOCCCO.O=P([O-])([O-])[O-].[Na+].[Na+].[Na+]. The van der Waals surface area contributed by atoms with E-state index < -0.39 is 7.82 Å². The van der Waals surface area contributed by atoms with E-state index in [2.05, 4.69) is 6.58 Å². The van der Waals surface area contributed by atoms with Crippen LogP contribution in [0.15, 0.2) is 12.7 Å². The Bertz CT molecular complexity index is 156. The summed E-state index contributed by atoms with van der Waals surface area (Å²) in [6.07, 6.45) is 2.41. The fourth-order valence-corrected chi connectivity index (χ4v) is 0.333. The molecular weight excluding hydrogens is 268 g/mol. The zero-order valence-corrected chi connectivity index (χ0v) is 16.9. The van der Waals surface area contributed by atoms with Gasteiger partial charge in [-0.1, -0.05) is 6.08 Å². The molecule has 0 amide bonds. The Labute approximate surface area is 162 Å². The monoisotopic (exact) mass is 280 g/mol. The predicted molar refractivity (Wildman–Crippen MR) is 40.3 cm³/mol. The minimum Gasteiger partial charge on any atom is -0.822 e. The summed E-state index contributed by atoms with van der Waals surface area (Å²) in [5.74, 6) is 0. The molecule has 0 saturated carbocycles. The molecule has 0 rings (SSSR count). The molecule has 0 aliphatic heterocycles.